The van der Waals surface area contributed by atoms with E-state index in [9.17, 15) is 9.59 Å². The molecular weight excluding hydrogens is 500 g/mol. The van der Waals surface area contributed by atoms with Crippen molar-refractivity contribution in [3.63, 3.8) is 0 Å². The van der Waals surface area contributed by atoms with E-state index in [1.807, 2.05) is 23.9 Å². The minimum atomic E-state index is -0.442. The maximum Gasteiger partial charge on any atom is 0.323 e. The molecular formula is C28H24N6O5. The molecule has 2 bridgehead atoms. The Bertz CT molecular complexity index is 1640. The van der Waals surface area contributed by atoms with Crippen molar-refractivity contribution in [2.45, 2.75) is 12.4 Å². The zero-order chi connectivity index (χ0) is 26.5. The van der Waals surface area contributed by atoms with E-state index < -0.39 is 6.03 Å². The summed E-state index contributed by atoms with van der Waals surface area (Å²) in [7, 11) is 1.92. The number of nitrogens with one attached hydrogen (secondary N) is 2. The molecule has 1 aromatic carbocycles. The van der Waals surface area contributed by atoms with Crippen molar-refractivity contribution >= 4 is 46.0 Å². The number of allylic oxidation sites excluding steroid dienone is 1. The number of pyridine rings is 2. The molecule has 3 aromatic heterocycles. The van der Waals surface area contributed by atoms with E-state index in [0.717, 1.165) is 22.3 Å². The van der Waals surface area contributed by atoms with Gasteiger partial charge >= 0.3 is 6.03 Å². The van der Waals surface area contributed by atoms with Gasteiger partial charge in [0.25, 0.3) is 0 Å². The summed E-state index contributed by atoms with van der Waals surface area (Å²) < 4.78 is 19.4. The van der Waals surface area contributed by atoms with Crippen LogP contribution >= 0.6 is 0 Å². The third-order valence-electron chi connectivity index (χ3n) is 6.94. The number of Topliss-reactive ketones (excluding diaryl/α,β-unsaturated/α-hetero) is 1. The van der Waals surface area contributed by atoms with Gasteiger partial charge in [-0.1, -0.05) is 0 Å². The number of ether oxygens (including phenoxy) is 3. The second-order valence-electron chi connectivity index (χ2n) is 9.62. The number of ketones is 1. The van der Waals surface area contributed by atoms with Crippen molar-refractivity contribution in [1.29, 1.82) is 0 Å². The molecule has 6 heterocycles. The molecule has 2 N–H and O–H groups in total. The molecule has 2 unspecified atom stereocenters. The summed E-state index contributed by atoms with van der Waals surface area (Å²) in [6.07, 6.45) is 8.43. The molecule has 0 radical (unpaired) electrons. The van der Waals surface area contributed by atoms with Crippen LogP contribution in [0.4, 0.5) is 21.9 Å². The molecule has 0 spiro atoms. The maximum absolute atomic E-state index is 13.4. The summed E-state index contributed by atoms with van der Waals surface area (Å²) in [5.41, 5.74) is 4.02. The standard InChI is InChI=1S/C28H24N6O5/c1-33-12-16(25-21(6-8-30-27(25)33)34-13-19-15-37-24(14-34)38-19)9-23-26(35)20-10-17(4-5-22(20)39-23)31-28(36)32-18-3-2-7-29-11-18/h2-12,19,24H,13-15H2,1H3,(H2,31,32,36). The van der Waals surface area contributed by atoms with Gasteiger partial charge in [0, 0.05) is 48.8 Å². The first-order valence-corrected chi connectivity index (χ1v) is 12.5. The van der Waals surface area contributed by atoms with E-state index >= 15 is 0 Å². The molecule has 2 saturated heterocycles. The predicted octanol–water partition coefficient (Wildman–Crippen LogP) is 3.79. The van der Waals surface area contributed by atoms with Gasteiger partial charge in [-0.3, -0.25) is 9.78 Å². The zero-order valence-electron chi connectivity index (χ0n) is 21.0. The van der Waals surface area contributed by atoms with E-state index in [0.29, 0.717) is 42.4 Å². The normalized spacial score (nSPS) is 20.8. The van der Waals surface area contributed by atoms with Crippen LogP contribution in [0.5, 0.6) is 5.75 Å². The fraction of sp³-hybridized carbons (Fsp3) is 0.214. The quantitative estimate of drug-likeness (QED) is 0.387. The number of hydrogen-bond acceptors (Lipinski definition) is 8. The number of morpholine rings is 1. The first-order valence-electron chi connectivity index (χ1n) is 12.5. The lowest BCUT2D eigenvalue weighted by atomic mass is 10.1. The minimum absolute atomic E-state index is 0.0287. The Labute approximate surface area is 223 Å². The smallest absolute Gasteiger partial charge is 0.323 e. The van der Waals surface area contributed by atoms with Crippen LogP contribution in [0.3, 0.4) is 0 Å². The molecule has 11 heteroatoms. The number of fused-ring (bicyclic) bond motifs is 4. The lowest BCUT2D eigenvalue weighted by Gasteiger charge is -2.32. The third-order valence-corrected chi connectivity index (χ3v) is 6.94. The summed E-state index contributed by atoms with van der Waals surface area (Å²) in [5.74, 6) is 0.376. The van der Waals surface area contributed by atoms with Crippen molar-refractivity contribution in [1.82, 2.24) is 14.5 Å². The van der Waals surface area contributed by atoms with Gasteiger partial charge in [0.05, 0.1) is 36.3 Å². The first-order chi connectivity index (χ1) is 19.0. The topological polar surface area (TPSA) is 120 Å². The average Bonchev–Trinajstić information content (AvgIpc) is 3.56. The fourth-order valence-corrected chi connectivity index (χ4v) is 5.23. The van der Waals surface area contributed by atoms with Gasteiger partial charge in [-0.25, -0.2) is 9.78 Å². The Morgan fingerprint density at radius 1 is 1.13 bits per heavy atom. The van der Waals surface area contributed by atoms with Gasteiger partial charge in [-0.15, -0.1) is 0 Å². The number of aromatic nitrogens is 3. The molecule has 2 fully saturated rings. The van der Waals surface area contributed by atoms with Gasteiger partial charge in [-0.2, -0.15) is 0 Å². The van der Waals surface area contributed by atoms with Crippen LogP contribution in [0.25, 0.3) is 17.1 Å². The van der Waals surface area contributed by atoms with E-state index in [-0.39, 0.29) is 23.9 Å². The first kappa shape index (κ1) is 23.4. The Kier molecular flexibility index (Phi) is 5.53. The highest BCUT2D eigenvalue weighted by Crippen LogP contribution is 2.37. The monoisotopic (exact) mass is 524 g/mol. The third kappa shape index (κ3) is 4.27. The molecule has 0 aliphatic carbocycles. The van der Waals surface area contributed by atoms with Crippen LogP contribution in [-0.2, 0) is 16.5 Å². The number of amides is 2. The van der Waals surface area contributed by atoms with Crippen molar-refractivity contribution in [2.24, 2.45) is 7.05 Å². The Morgan fingerprint density at radius 2 is 2.03 bits per heavy atom. The largest absolute Gasteiger partial charge is 0.452 e. The van der Waals surface area contributed by atoms with E-state index in [1.165, 1.54) is 0 Å². The zero-order valence-corrected chi connectivity index (χ0v) is 21.0. The highest BCUT2D eigenvalue weighted by atomic mass is 16.7. The van der Waals surface area contributed by atoms with Crippen LogP contribution in [-0.4, -0.2) is 58.4 Å². The molecule has 3 aliphatic rings. The molecule has 39 heavy (non-hydrogen) atoms. The van der Waals surface area contributed by atoms with E-state index in [1.54, 1.807) is 55.0 Å². The number of benzene rings is 1. The van der Waals surface area contributed by atoms with Crippen molar-refractivity contribution in [2.75, 3.05) is 35.2 Å². The molecule has 0 saturated carbocycles. The summed E-state index contributed by atoms with van der Waals surface area (Å²) in [5, 5.41) is 6.38. The van der Waals surface area contributed by atoms with Crippen molar-refractivity contribution in [3.05, 3.63) is 78.1 Å². The van der Waals surface area contributed by atoms with Gasteiger partial charge in [0.2, 0.25) is 5.78 Å². The summed E-state index contributed by atoms with van der Waals surface area (Å²) in [6, 6.07) is 9.97. The van der Waals surface area contributed by atoms with E-state index in [2.05, 4.69) is 25.5 Å². The number of urea groups is 1. The van der Waals surface area contributed by atoms with Crippen molar-refractivity contribution in [3.8, 4) is 5.75 Å². The highest BCUT2D eigenvalue weighted by Gasteiger charge is 2.36. The Hall–Kier alpha value is -4.74. The molecule has 11 nitrogen and oxygen atoms in total. The molecule has 7 rings (SSSR count). The fourth-order valence-electron chi connectivity index (χ4n) is 5.23. The molecule has 2 amide bonds. The second-order valence-corrected chi connectivity index (χ2v) is 9.62. The number of anilines is 3. The van der Waals surface area contributed by atoms with Gasteiger partial charge < -0.3 is 34.3 Å². The van der Waals surface area contributed by atoms with Gasteiger partial charge in [-0.05, 0) is 42.5 Å². The second kappa shape index (κ2) is 9.22. The van der Waals surface area contributed by atoms with Crippen molar-refractivity contribution < 1.29 is 23.8 Å². The lowest BCUT2D eigenvalue weighted by Crippen LogP contribution is -2.43. The predicted molar refractivity (Wildman–Crippen MR) is 144 cm³/mol. The SMILES string of the molecule is Cn1cc(C=C2Oc3ccc(NC(=O)Nc4cccnc4)cc3C2=O)c2c(N3CC4COC(C3)O4)ccnc21. The lowest BCUT2D eigenvalue weighted by molar-refractivity contribution is -0.0624. The van der Waals surface area contributed by atoms with Crippen LogP contribution in [0, 0.1) is 0 Å². The summed E-state index contributed by atoms with van der Waals surface area (Å²) >= 11 is 0. The molecule has 2 atom stereocenters. The number of nitrogens with zero attached hydrogens (tertiary/aromatic N) is 4. The number of aryl methyl sites for hydroxylation is 1. The Morgan fingerprint density at radius 3 is 2.87 bits per heavy atom. The van der Waals surface area contributed by atoms with Gasteiger partial charge in [0.15, 0.2) is 12.0 Å². The Balaban J connectivity index is 1.16. The van der Waals surface area contributed by atoms with Crippen LogP contribution in [0.2, 0.25) is 0 Å². The van der Waals surface area contributed by atoms with Crippen LogP contribution < -0.4 is 20.3 Å². The van der Waals surface area contributed by atoms with Crippen LogP contribution in [0.15, 0.2) is 66.9 Å². The summed E-state index contributed by atoms with van der Waals surface area (Å²) in [6.45, 7) is 1.92. The average molecular weight is 525 g/mol. The number of carbonyl (C=O) groups excluding carboxylic acids is 2. The molecule has 4 aromatic rings. The summed E-state index contributed by atoms with van der Waals surface area (Å²) in [4.78, 5) is 36.6. The molecule has 3 aliphatic heterocycles. The minimum Gasteiger partial charge on any atom is -0.452 e. The highest BCUT2D eigenvalue weighted by molar-refractivity contribution is 6.16. The van der Waals surface area contributed by atoms with Gasteiger partial charge in [0.1, 0.15) is 17.5 Å². The number of carbonyl (C=O) groups is 2. The number of rotatable bonds is 4. The maximum atomic E-state index is 13.4. The molecule has 196 valence electrons. The van der Waals surface area contributed by atoms with E-state index in [4.69, 9.17) is 14.2 Å². The van der Waals surface area contributed by atoms with Crippen LogP contribution in [0.1, 0.15) is 15.9 Å². The number of hydrogen-bond donors (Lipinski definition) is 2.